The first kappa shape index (κ1) is 36.7. The van der Waals surface area contributed by atoms with Crippen LogP contribution in [-0.4, -0.2) is 22.2 Å². The number of allylic oxidation sites excluding steroid dienone is 2. The van der Waals surface area contributed by atoms with E-state index in [1.807, 2.05) is 0 Å². The van der Waals surface area contributed by atoms with Crippen LogP contribution in [0.15, 0.2) is 12.2 Å². The highest BCUT2D eigenvalue weighted by atomic mass is 16.4. The van der Waals surface area contributed by atoms with Gasteiger partial charge in [-0.25, -0.2) is 0 Å². The molecule has 1 rings (SSSR count). The smallest absolute Gasteiger partial charge is 0.303 e. The third-order valence-corrected chi connectivity index (χ3v) is 9.39. The summed E-state index contributed by atoms with van der Waals surface area (Å²) in [5.74, 6) is 1.83. The molecule has 0 amide bonds. The average Bonchev–Trinajstić information content (AvgIpc) is 2.93. The van der Waals surface area contributed by atoms with Crippen LogP contribution < -0.4 is 0 Å². The molecular formula is C36H66O4. The molecule has 4 heteroatoms. The number of carboxylic acids is 2. The summed E-state index contributed by atoms with van der Waals surface area (Å²) in [6.07, 6.45) is 36.0. The summed E-state index contributed by atoms with van der Waals surface area (Å²) in [5.41, 5.74) is 0. The molecule has 0 saturated carbocycles. The molecule has 0 heterocycles. The van der Waals surface area contributed by atoms with Gasteiger partial charge in [-0.05, 0) is 62.2 Å². The molecule has 0 radical (unpaired) electrons. The van der Waals surface area contributed by atoms with Crippen molar-refractivity contribution in [1.82, 2.24) is 0 Å². The van der Waals surface area contributed by atoms with Crippen LogP contribution in [0.25, 0.3) is 0 Å². The highest BCUT2D eigenvalue weighted by Gasteiger charge is 2.34. The normalized spacial score (nSPS) is 20.6. The molecule has 0 fully saturated rings. The maximum absolute atomic E-state index is 10.8. The SMILES string of the molecule is CCCCCCC1C=CC(CCCCCCCC(=O)O)C(CCCCCCCCCC(=O)O)C1CCCCCC. The topological polar surface area (TPSA) is 74.6 Å². The molecular weight excluding hydrogens is 496 g/mol. The first-order chi connectivity index (χ1) is 19.5. The van der Waals surface area contributed by atoms with Crippen molar-refractivity contribution in [3.63, 3.8) is 0 Å². The van der Waals surface area contributed by atoms with E-state index in [9.17, 15) is 9.59 Å². The molecule has 234 valence electrons. The molecule has 0 aliphatic heterocycles. The summed E-state index contributed by atoms with van der Waals surface area (Å²) >= 11 is 0. The van der Waals surface area contributed by atoms with Crippen LogP contribution in [0, 0.1) is 23.7 Å². The molecule has 4 unspecified atom stereocenters. The predicted octanol–water partition coefficient (Wildman–Crippen LogP) is 11.4. The van der Waals surface area contributed by atoms with Gasteiger partial charge in [0.05, 0.1) is 0 Å². The Morgan fingerprint density at radius 3 is 1.10 bits per heavy atom. The Morgan fingerprint density at radius 2 is 0.750 bits per heavy atom. The largest absolute Gasteiger partial charge is 0.481 e. The van der Waals surface area contributed by atoms with Crippen molar-refractivity contribution in [2.24, 2.45) is 23.7 Å². The number of carboxylic acid groups (broad SMARTS) is 2. The van der Waals surface area contributed by atoms with Crippen molar-refractivity contribution < 1.29 is 19.8 Å². The second-order valence-corrected chi connectivity index (χ2v) is 12.8. The Hall–Kier alpha value is -1.32. The molecule has 40 heavy (non-hydrogen) atoms. The lowest BCUT2D eigenvalue weighted by atomic mass is 9.64. The third-order valence-electron chi connectivity index (χ3n) is 9.39. The van der Waals surface area contributed by atoms with E-state index in [1.165, 1.54) is 128 Å². The van der Waals surface area contributed by atoms with Gasteiger partial charge >= 0.3 is 11.9 Å². The molecule has 4 nitrogen and oxygen atoms in total. The molecule has 1 aliphatic carbocycles. The van der Waals surface area contributed by atoms with E-state index in [-0.39, 0.29) is 0 Å². The summed E-state index contributed by atoms with van der Waals surface area (Å²) in [5, 5.41) is 17.7. The van der Waals surface area contributed by atoms with Crippen LogP contribution in [0.2, 0.25) is 0 Å². The van der Waals surface area contributed by atoms with E-state index in [1.54, 1.807) is 0 Å². The van der Waals surface area contributed by atoms with Gasteiger partial charge in [0.15, 0.2) is 0 Å². The molecule has 0 spiro atoms. The van der Waals surface area contributed by atoms with Crippen LogP contribution in [0.1, 0.15) is 181 Å². The van der Waals surface area contributed by atoms with Crippen molar-refractivity contribution >= 4 is 11.9 Å². The molecule has 0 saturated heterocycles. The van der Waals surface area contributed by atoms with E-state index < -0.39 is 11.9 Å². The Morgan fingerprint density at radius 1 is 0.450 bits per heavy atom. The quantitative estimate of drug-likeness (QED) is 0.0734. The Kier molecular flexibility index (Phi) is 23.3. The first-order valence-corrected chi connectivity index (χ1v) is 17.6. The highest BCUT2D eigenvalue weighted by Crippen LogP contribution is 2.44. The average molecular weight is 563 g/mol. The van der Waals surface area contributed by atoms with Gasteiger partial charge in [0.2, 0.25) is 0 Å². The Bertz CT molecular complexity index is 643. The summed E-state index contributed by atoms with van der Waals surface area (Å²) in [6, 6.07) is 0. The molecule has 2 N–H and O–H groups in total. The van der Waals surface area contributed by atoms with Crippen molar-refractivity contribution in [3.05, 3.63) is 12.2 Å². The number of hydrogen-bond donors (Lipinski definition) is 2. The second-order valence-electron chi connectivity index (χ2n) is 12.8. The van der Waals surface area contributed by atoms with E-state index in [4.69, 9.17) is 10.2 Å². The third kappa shape index (κ3) is 18.9. The molecule has 0 bridgehead atoms. The maximum atomic E-state index is 10.8. The van der Waals surface area contributed by atoms with Crippen LogP contribution in [0.4, 0.5) is 0 Å². The fraction of sp³-hybridized carbons (Fsp3) is 0.889. The number of unbranched alkanes of at least 4 members (excludes halogenated alkanes) is 16. The minimum absolute atomic E-state index is 0.315. The van der Waals surface area contributed by atoms with E-state index in [0.717, 1.165) is 49.4 Å². The van der Waals surface area contributed by atoms with Gasteiger partial charge in [-0.15, -0.1) is 0 Å². The summed E-state index contributed by atoms with van der Waals surface area (Å²) in [6.45, 7) is 4.62. The molecule has 1 aliphatic rings. The lowest BCUT2D eigenvalue weighted by Crippen LogP contribution is -2.32. The van der Waals surface area contributed by atoms with Crippen LogP contribution >= 0.6 is 0 Å². The zero-order valence-corrected chi connectivity index (χ0v) is 26.6. The van der Waals surface area contributed by atoms with Gasteiger partial charge in [0.1, 0.15) is 0 Å². The molecule has 0 aromatic carbocycles. The van der Waals surface area contributed by atoms with E-state index in [2.05, 4.69) is 26.0 Å². The number of aliphatic carboxylic acids is 2. The molecule has 0 aromatic heterocycles. The fourth-order valence-electron chi connectivity index (χ4n) is 7.02. The van der Waals surface area contributed by atoms with Gasteiger partial charge in [0, 0.05) is 12.8 Å². The minimum Gasteiger partial charge on any atom is -0.481 e. The summed E-state index contributed by atoms with van der Waals surface area (Å²) in [7, 11) is 0. The van der Waals surface area contributed by atoms with Crippen LogP contribution in [0.3, 0.4) is 0 Å². The van der Waals surface area contributed by atoms with Gasteiger partial charge in [0.25, 0.3) is 0 Å². The zero-order valence-electron chi connectivity index (χ0n) is 26.6. The van der Waals surface area contributed by atoms with Crippen molar-refractivity contribution in [1.29, 1.82) is 0 Å². The van der Waals surface area contributed by atoms with Crippen molar-refractivity contribution in [3.8, 4) is 0 Å². The number of rotatable bonds is 28. The first-order valence-electron chi connectivity index (χ1n) is 17.6. The molecule has 4 atom stereocenters. The highest BCUT2D eigenvalue weighted by molar-refractivity contribution is 5.66. The molecule has 0 aromatic rings. The van der Waals surface area contributed by atoms with Gasteiger partial charge < -0.3 is 10.2 Å². The maximum Gasteiger partial charge on any atom is 0.303 e. The van der Waals surface area contributed by atoms with Gasteiger partial charge in [-0.2, -0.15) is 0 Å². The lowest BCUT2D eigenvalue weighted by Gasteiger charge is -2.41. The van der Waals surface area contributed by atoms with Crippen LogP contribution in [0.5, 0.6) is 0 Å². The number of hydrogen-bond acceptors (Lipinski definition) is 2. The summed E-state index contributed by atoms with van der Waals surface area (Å²) < 4.78 is 0. The Balaban J connectivity index is 2.67. The van der Waals surface area contributed by atoms with Crippen molar-refractivity contribution in [2.75, 3.05) is 0 Å². The van der Waals surface area contributed by atoms with E-state index >= 15 is 0 Å². The Labute approximate surface area is 248 Å². The standard InChI is InChI=1S/C36H66O4/c1-3-5-7-17-23-31-29-30-32(24-18-13-12-16-22-28-36(39)40)34(33(31)25-19-8-6-4-2)26-20-14-10-9-11-15-21-27-35(37)38/h29-34H,3-28H2,1-2H3,(H,37,38)(H,39,40). The van der Waals surface area contributed by atoms with E-state index in [0.29, 0.717) is 12.8 Å². The fourth-order valence-corrected chi connectivity index (χ4v) is 7.02. The van der Waals surface area contributed by atoms with Gasteiger partial charge in [-0.1, -0.05) is 142 Å². The number of carbonyl (C=O) groups is 2. The van der Waals surface area contributed by atoms with Gasteiger partial charge in [-0.3, -0.25) is 9.59 Å². The lowest BCUT2D eigenvalue weighted by molar-refractivity contribution is -0.138. The van der Waals surface area contributed by atoms with Crippen LogP contribution in [-0.2, 0) is 9.59 Å². The minimum atomic E-state index is -0.665. The van der Waals surface area contributed by atoms with Crippen molar-refractivity contribution in [2.45, 2.75) is 181 Å². The zero-order chi connectivity index (χ0) is 29.3. The predicted molar refractivity (Wildman–Crippen MR) is 170 cm³/mol. The summed E-state index contributed by atoms with van der Waals surface area (Å²) in [4.78, 5) is 21.5. The second kappa shape index (κ2) is 25.4. The monoisotopic (exact) mass is 562 g/mol.